The molecule has 2 N–H and O–H groups in total. The smallest absolute Gasteiger partial charge is 0.123 e. The summed E-state index contributed by atoms with van der Waals surface area (Å²) < 4.78 is 13.2. The second kappa shape index (κ2) is 6.30. The van der Waals surface area contributed by atoms with Crippen LogP contribution in [-0.2, 0) is 0 Å². The number of piperidine rings is 1. The number of nitrogens with one attached hydrogen (secondary N) is 1. The first-order valence-corrected chi connectivity index (χ1v) is 6.90. The molecule has 0 bridgehead atoms. The first-order chi connectivity index (χ1) is 8.70. The van der Waals surface area contributed by atoms with Gasteiger partial charge in [-0.3, -0.25) is 0 Å². The highest BCUT2D eigenvalue weighted by atomic mass is 19.1. The molecule has 1 fully saturated rings. The first kappa shape index (κ1) is 13.5. The van der Waals surface area contributed by atoms with Gasteiger partial charge in [0.1, 0.15) is 5.82 Å². The Morgan fingerprint density at radius 1 is 1.44 bits per heavy atom. The zero-order valence-corrected chi connectivity index (χ0v) is 10.9. The van der Waals surface area contributed by atoms with E-state index in [0.29, 0.717) is 11.6 Å². The van der Waals surface area contributed by atoms with E-state index in [9.17, 15) is 9.50 Å². The third kappa shape index (κ3) is 3.30. The number of halogens is 1. The van der Waals surface area contributed by atoms with Crippen LogP contribution in [0.5, 0.6) is 0 Å². The monoisotopic (exact) mass is 251 g/mol. The zero-order chi connectivity index (χ0) is 13.0. The van der Waals surface area contributed by atoms with Crippen LogP contribution in [0.2, 0.25) is 0 Å². The van der Waals surface area contributed by atoms with Crippen LogP contribution in [0.4, 0.5) is 4.39 Å². The van der Waals surface area contributed by atoms with Crippen molar-refractivity contribution in [2.75, 3.05) is 0 Å². The molecule has 3 atom stereocenters. The highest BCUT2D eigenvalue weighted by Gasteiger charge is 2.27. The molecule has 100 valence electrons. The van der Waals surface area contributed by atoms with Crippen molar-refractivity contribution >= 4 is 0 Å². The molecule has 0 amide bonds. The molecule has 3 heteroatoms. The van der Waals surface area contributed by atoms with Crippen molar-refractivity contribution < 1.29 is 9.50 Å². The molecule has 0 spiro atoms. The Morgan fingerprint density at radius 2 is 2.28 bits per heavy atom. The summed E-state index contributed by atoms with van der Waals surface area (Å²) in [6, 6.07) is 6.83. The number of benzene rings is 1. The molecule has 0 radical (unpaired) electrons. The van der Waals surface area contributed by atoms with Crippen LogP contribution in [0.15, 0.2) is 24.3 Å². The van der Waals surface area contributed by atoms with Gasteiger partial charge in [0, 0.05) is 12.1 Å². The Bertz CT molecular complexity index is 381. The topological polar surface area (TPSA) is 32.3 Å². The fourth-order valence-corrected chi connectivity index (χ4v) is 2.80. The van der Waals surface area contributed by atoms with E-state index >= 15 is 0 Å². The maximum atomic E-state index is 13.2. The van der Waals surface area contributed by atoms with Crippen molar-refractivity contribution in [2.45, 2.75) is 57.2 Å². The Balaban J connectivity index is 2.02. The number of hydrogen-bond acceptors (Lipinski definition) is 2. The molecule has 18 heavy (non-hydrogen) atoms. The maximum absolute atomic E-state index is 13.2. The van der Waals surface area contributed by atoms with Gasteiger partial charge in [0.05, 0.1) is 6.10 Å². The average molecular weight is 251 g/mol. The van der Waals surface area contributed by atoms with Crippen LogP contribution in [0.25, 0.3) is 0 Å². The van der Waals surface area contributed by atoms with Crippen LogP contribution in [0.1, 0.15) is 50.7 Å². The van der Waals surface area contributed by atoms with Crippen molar-refractivity contribution in [3.05, 3.63) is 35.6 Å². The summed E-state index contributed by atoms with van der Waals surface area (Å²) in [4.78, 5) is 0. The quantitative estimate of drug-likeness (QED) is 0.861. The van der Waals surface area contributed by atoms with Gasteiger partial charge >= 0.3 is 0 Å². The fraction of sp³-hybridized carbons (Fsp3) is 0.600. The van der Waals surface area contributed by atoms with Crippen molar-refractivity contribution in [2.24, 2.45) is 0 Å². The van der Waals surface area contributed by atoms with E-state index < -0.39 is 6.10 Å². The minimum absolute atomic E-state index is 0.0529. The molecule has 1 heterocycles. The molecule has 0 aromatic heterocycles. The van der Waals surface area contributed by atoms with E-state index in [1.165, 1.54) is 18.6 Å². The third-order valence-corrected chi connectivity index (χ3v) is 3.73. The molecule has 2 rings (SSSR count). The number of hydrogen-bond donors (Lipinski definition) is 2. The molecule has 1 aromatic rings. The van der Waals surface area contributed by atoms with E-state index in [4.69, 9.17) is 0 Å². The van der Waals surface area contributed by atoms with Crippen LogP contribution in [0, 0.1) is 5.82 Å². The van der Waals surface area contributed by atoms with Crippen molar-refractivity contribution in [3.63, 3.8) is 0 Å². The Labute approximate surface area is 108 Å². The Kier molecular flexibility index (Phi) is 4.72. The zero-order valence-electron chi connectivity index (χ0n) is 10.9. The average Bonchev–Trinajstić information content (AvgIpc) is 2.39. The van der Waals surface area contributed by atoms with Crippen molar-refractivity contribution in [1.29, 1.82) is 0 Å². The molecule has 1 aromatic carbocycles. The predicted molar refractivity (Wildman–Crippen MR) is 70.8 cm³/mol. The van der Waals surface area contributed by atoms with E-state index in [1.807, 2.05) is 0 Å². The van der Waals surface area contributed by atoms with Crippen LogP contribution < -0.4 is 5.32 Å². The van der Waals surface area contributed by atoms with Crippen LogP contribution >= 0.6 is 0 Å². The highest BCUT2D eigenvalue weighted by molar-refractivity contribution is 5.20. The summed E-state index contributed by atoms with van der Waals surface area (Å²) in [6.45, 7) is 2.17. The summed E-state index contributed by atoms with van der Waals surface area (Å²) in [5, 5.41) is 13.8. The van der Waals surface area contributed by atoms with Crippen molar-refractivity contribution in [1.82, 2.24) is 5.32 Å². The van der Waals surface area contributed by atoms with Gasteiger partial charge in [0.2, 0.25) is 0 Å². The van der Waals surface area contributed by atoms with Gasteiger partial charge in [-0.25, -0.2) is 4.39 Å². The molecule has 0 saturated carbocycles. The van der Waals surface area contributed by atoms with E-state index in [0.717, 1.165) is 25.7 Å². The fourth-order valence-electron chi connectivity index (χ4n) is 2.80. The van der Waals surface area contributed by atoms with Crippen LogP contribution in [-0.4, -0.2) is 17.2 Å². The van der Waals surface area contributed by atoms with Gasteiger partial charge in [0.15, 0.2) is 0 Å². The summed E-state index contributed by atoms with van der Waals surface area (Å²) >= 11 is 0. The summed E-state index contributed by atoms with van der Waals surface area (Å²) in [5.41, 5.74) is 0.671. The van der Waals surface area contributed by atoms with Crippen molar-refractivity contribution in [3.8, 4) is 0 Å². The standard InChI is InChI=1S/C15H22FNO/c1-2-5-13-8-4-9-14(17-13)15(18)11-6-3-7-12(16)10-11/h3,6-7,10,13-15,17-18H,2,4-5,8-9H2,1H3/t13-,14+,15?/m1/s1. The lowest BCUT2D eigenvalue weighted by atomic mass is 9.90. The van der Waals surface area contributed by atoms with E-state index in [2.05, 4.69) is 12.2 Å². The molecular formula is C15H22FNO. The third-order valence-electron chi connectivity index (χ3n) is 3.73. The normalized spacial score (nSPS) is 25.9. The lowest BCUT2D eigenvalue weighted by molar-refractivity contribution is 0.0995. The lowest BCUT2D eigenvalue weighted by Crippen LogP contribution is -2.45. The highest BCUT2D eigenvalue weighted by Crippen LogP contribution is 2.26. The number of aliphatic hydroxyl groups is 1. The summed E-state index contributed by atoms with van der Waals surface area (Å²) in [6.07, 6.45) is 4.96. The van der Waals surface area contributed by atoms with Gasteiger partial charge in [-0.1, -0.05) is 31.9 Å². The molecule has 1 aliphatic heterocycles. The second-order valence-corrected chi connectivity index (χ2v) is 5.19. The van der Waals surface area contributed by atoms with Gasteiger partial charge in [-0.2, -0.15) is 0 Å². The number of rotatable bonds is 4. The maximum Gasteiger partial charge on any atom is 0.123 e. The van der Waals surface area contributed by atoms with Gasteiger partial charge in [0.25, 0.3) is 0 Å². The lowest BCUT2D eigenvalue weighted by Gasteiger charge is -2.34. The summed E-state index contributed by atoms with van der Waals surface area (Å²) in [5.74, 6) is -0.285. The van der Waals surface area contributed by atoms with E-state index in [1.54, 1.807) is 12.1 Å². The first-order valence-electron chi connectivity index (χ1n) is 6.90. The molecule has 1 unspecified atom stereocenters. The van der Waals surface area contributed by atoms with E-state index in [-0.39, 0.29) is 11.9 Å². The summed E-state index contributed by atoms with van der Waals surface area (Å²) in [7, 11) is 0. The molecule has 0 aliphatic carbocycles. The second-order valence-electron chi connectivity index (χ2n) is 5.19. The molecule has 1 aliphatic rings. The molecular weight excluding hydrogens is 229 g/mol. The Hall–Kier alpha value is -0.930. The molecule has 1 saturated heterocycles. The minimum Gasteiger partial charge on any atom is -0.387 e. The predicted octanol–water partition coefficient (Wildman–Crippen LogP) is 3.17. The van der Waals surface area contributed by atoms with Crippen LogP contribution in [0.3, 0.4) is 0 Å². The minimum atomic E-state index is -0.611. The Morgan fingerprint density at radius 3 is 3.00 bits per heavy atom. The van der Waals surface area contributed by atoms with Gasteiger partial charge in [-0.15, -0.1) is 0 Å². The number of aliphatic hydroxyl groups excluding tert-OH is 1. The van der Waals surface area contributed by atoms with Gasteiger partial charge in [-0.05, 0) is 37.0 Å². The largest absolute Gasteiger partial charge is 0.387 e. The molecule has 2 nitrogen and oxygen atoms in total. The van der Waals surface area contributed by atoms with Gasteiger partial charge < -0.3 is 10.4 Å². The SMILES string of the molecule is CCC[C@@H]1CCC[C@@H](C(O)c2cccc(F)c2)N1.